The maximum atomic E-state index is 10.5. The second-order valence-electron chi connectivity index (χ2n) is 8.92. The molecule has 0 radical (unpaired) electrons. The molecule has 1 fully saturated rings. The van der Waals surface area contributed by atoms with E-state index in [4.69, 9.17) is 4.42 Å². The number of aliphatic hydroxyl groups is 1. The third kappa shape index (κ3) is 6.36. The van der Waals surface area contributed by atoms with Gasteiger partial charge in [-0.05, 0) is 57.3 Å². The van der Waals surface area contributed by atoms with Gasteiger partial charge in [-0.1, -0.05) is 44.2 Å². The molecule has 0 spiro atoms. The SMILES string of the molecule is CC(C)Cc1nnc(C(C)N(C)CC2CCN(CC(O)c3ccccc3)CC2)o1. The van der Waals surface area contributed by atoms with E-state index in [1.165, 1.54) is 0 Å². The third-order valence-corrected chi connectivity index (χ3v) is 5.95. The maximum Gasteiger partial charge on any atom is 0.233 e. The number of aromatic nitrogens is 2. The molecule has 1 aliphatic heterocycles. The number of rotatable bonds is 9. The van der Waals surface area contributed by atoms with Gasteiger partial charge in [-0.15, -0.1) is 10.2 Å². The van der Waals surface area contributed by atoms with E-state index in [1.54, 1.807) is 0 Å². The van der Waals surface area contributed by atoms with Crippen LogP contribution in [-0.4, -0.2) is 58.3 Å². The molecule has 0 aliphatic carbocycles. The van der Waals surface area contributed by atoms with Crippen molar-refractivity contribution < 1.29 is 9.52 Å². The minimum Gasteiger partial charge on any atom is -0.424 e. The predicted molar refractivity (Wildman–Crippen MR) is 114 cm³/mol. The third-order valence-electron chi connectivity index (χ3n) is 5.95. The number of aliphatic hydroxyl groups excluding tert-OH is 1. The average molecular weight is 401 g/mol. The van der Waals surface area contributed by atoms with Gasteiger partial charge >= 0.3 is 0 Å². The van der Waals surface area contributed by atoms with Gasteiger partial charge < -0.3 is 14.4 Å². The quantitative estimate of drug-likeness (QED) is 0.692. The highest BCUT2D eigenvalue weighted by Crippen LogP contribution is 2.25. The van der Waals surface area contributed by atoms with E-state index < -0.39 is 6.10 Å². The second-order valence-corrected chi connectivity index (χ2v) is 8.92. The highest BCUT2D eigenvalue weighted by atomic mass is 16.4. The molecule has 2 aromatic rings. The van der Waals surface area contributed by atoms with Crippen LogP contribution in [0, 0.1) is 11.8 Å². The van der Waals surface area contributed by atoms with Gasteiger partial charge in [-0.3, -0.25) is 4.90 Å². The summed E-state index contributed by atoms with van der Waals surface area (Å²) in [7, 11) is 2.14. The number of β-amino-alcohol motifs (C(OH)–C–C–N with tert-alkyl or cyclic N) is 1. The standard InChI is InChI=1S/C23H36N4O2/c1-17(2)14-22-24-25-23(29-22)18(3)26(4)15-19-10-12-27(13-11-19)16-21(28)20-8-6-5-7-9-20/h5-9,17-19,21,28H,10-16H2,1-4H3. The molecule has 6 nitrogen and oxygen atoms in total. The molecule has 2 unspecified atom stereocenters. The van der Waals surface area contributed by atoms with Crippen LogP contribution >= 0.6 is 0 Å². The van der Waals surface area contributed by atoms with Gasteiger partial charge in [0, 0.05) is 19.5 Å². The highest BCUT2D eigenvalue weighted by molar-refractivity contribution is 5.17. The first-order valence-electron chi connectivity index (χ1n) is 10.9. The molecule has 1 aromatic carbocycles. The van der Waals surface area contributed by atoms with Crippen molar-refractivity contribution in [1.29, 1.82) is 0 Å². The summed E-state index contributed by atoms with van der Waals surface area (Å²) in [6.07, 6.45) is 2.73. The minimum atomic E-state index is -0.409. The molecule has 0 bridgehead atoms. The zero-order chi connectivity index (χ0) is 20.8. The van der Waals surface area contributed by atoms with Crippen LogP contribution < -0.4 is 0 Å². The molecule has 1 N–H and O–H groups in total. The summed E-state index contributed by atoms with van der Waals surface area (Å²) < 4.78 is 5.87. The topological polar surface area (TPSA) is 65.6 Å². The van der Waals surface area contributed by atoms with Crippen LogP contribution in [0.3, 0.4) is 0 Å². The molecule has 29 heavy (non-hydrogen) atoms. The van der Waals surface area contributed by atoms with Crippen molar-refractivity contribution in [2.24, 2.45) is 11.8 Å². The Balaban J connectivity index is 1.43. The van der Waals surface area contributed by atoms with Gasteiger partial charge in [0.25, 0.3) is 0 Å². The zero-order valence-electron chi connectivity index (χ0n) is 18.3. The molecule has 1 saturated heterocycles. The van der Waals surface area contributed by atoms with Crippen molar-refractivity contribution in [2.45, 2.75) is 52.2 Å². The van der Waals surface area contributed by atoms with Crippen LogP contribution in [0.2, 0.25) is 0 Å². The van der Waals surface area contributed by atoms with Crippen LogP contribution in [0.1, 0.15) is 63.1 Å². The van der Waals surface area contributed by atoms with E-state index in [1.807, 2.05) is 30.3 Å². The zero-order valence-corrected chi connectivity index (χ0v) is 18.3. The van der Waals surface area contributed by atoms with E-state index >= 15 is 0 Å². The minimum absolute atomic E-state index is 0.126. The van der Waals surface area contributed by atoms with Gasteiger partial charge in [0.1, 0.15) is 0 Å². The average Bonchev–Trinajstić information content (AvgIpc) is 3.17. The molecule has 0 saturated carbocycles. The Bertz CT molecular complexity index is 725. The molecular formula is C23H36N4O2. The molecule has 160 valence electrons. The van der Waals surface area contributed by atoms with Crippen molar-refractivity contribution in [2.75, 3.05) is 33.2 Å². The lowest BCUT2D eigenvalue weighted by atomic mass is 9.95. The van der Waals surface area contributed by atoms with Crippen molar-refractivity contribution in [3.05, 3.63) is 47.7 Å². The van der Waals surface area contributed by atoms with Crippen molar-refractivity contribution in [1.82, 2.24) is 20.0 Å². The van der Waals surface area contributed by atoms with Gasteiger partial charge in [-0.25, -0.2) is 0 Å². The smallest absolute Gasteiger partial charge is 0.233 e. The Hall–Kier alpha value is -1.76. The van der Waals surface area contributed by atoms with E-state index in [-0.39, 0.29) is 6.04 Å². The fourth-order valence-electron chi connectivity index (χ4n) is 4.00. The van der Waals surface area contributed by atoms with Crippen molar-refractivity contribution >= 4 is 0 Å². The second kappa shape index (κ2) is 10.3. The summed E-state index contributed by atoms with van der Waals surface area (Å²) in [5, 5.41) is 18.9. The number of hydrogen-bond donors (Lipinski definition) is 1. The number of likely N-dealkylation sites (tertiary alicyclic amines) is 1. The Morgan fingerprint density at radius 3 is 2.48 bits per heavy atom. The van der Waals surface area contributed by atoms with Crippen LogP contribution in [0.4, 0.5) is 0 Å². The van der Waals surface area contributed by atoms with Crippen LogP contribution in [0.5, 0.6) is 0 Å². The molecule has 6 heteroatoms. The van der Waals surface area contributed by atoms with Gasteiger partial charge in [0.05, 0.1) is 12.1 Å². The largest absolute Gasteiger partial charge is 0.424 e. The molecule has 2 heterocycles. The lowest BCUT2D eigenvalue weighted by Crippen LogP contribution is -2.40. The Labute approximate surface area is 174 Å². The molecule has 2 atom stereocenters. The molecule has 1 aliphatic rings. The van der Waals surface area contributed by atoms with Crippen molar-refractivity contribution in [3.8, 4) is 0 Å². The van der Waals surface area contributed by atoms with Gasteiger partial charge in [-0.2, -0.15) is 0 Å². The maximum absolute atomic E-state index is 10.5. The molecule has 1 aromatic heterocycles. The number of benzene rings is 1. The van der Waals surface area contributed by atoms with Gasteiger partial charge in [0.15, 0.2) is 0 Å². The Morgan fingerprint density at radius 2 is 1.83 bits per heavy atom. The fraction of sp³-hybridized carbons (Fsp3) is 0.652. The Morgan fingerprint density at radius 1 is 1.14 bits per heavy atom. The summed E-state index contributed by atoms with van der Waals surface area (Å²) in [6.45, 7) is 10.3. The fourth-order valence-corrected chi connectivity index (χ4v) is 4.00. The summed E-state index contributed by atoms with van der Waals surface area (Å²) in [4.78, 5) is 4.71. The molecular weight excluding hydrogens is 364 g/mol. The first kappa shape index (κ1) is 21.9. The van der Waals surface area contributed by atoms with E-state index in [0.29, 0.717) is 24.3 Å². The summed E-state index contributed by atoms with van der Waals surface area (Å²) in [6, 6.07) is 10.1. The molecule has 3 rings (SSSR count). The number of hydrogen-bond acceptors (Lipinski definition) is 6. The lowest BCUT2D eigenvalue weighted by molar-refractivity contribution is 0.0782. The number of nitrogens with zero attached hydrogens (tertiary/aromatic N) is 4. The summed E-state index contributed by atoms with van der Waals surface area (Å²) >= 11 is 0. The predicted octanol–water partition coefficient (Wildman–Crippen LogP) is 3.71. The highest BCUT2D eigenvalue weighted by Gasteiger charge is 2.25. The Kier molecular flexibility index (Phi) is 7.81. The lowest BCUT2D eigenvalue weighted by Gasteiger charge is -2.35. The number of piperidine rings is 1. The first-order valence-corrected chi connectivity index (χ1v) is 10.9. The van der Waals surface area contributed by atoms with E-state index in [0.717, 1.165) is 50.4 Å². The summed E-state index contributed by atoms with van der Waals surface area (Å²) in [5.74, 6) is 2.62. The normalized spacial score (nSPS) is 18.4. The van der Waals surface area contributed by atoms with Crippen LogP contribution in [-0.2, 0) is 6.42 Å². The monoisotopic (exact) mass is 400 g/mol. The van der Waals surface area contributed by atoms with Crippen molar-refractivity contribution in [3.63, 3.8) is 0 Å². The first-order chi connectivity index (χ1) is 13.9. The molecule has 0 amide bonds. The van der Waals surface area contributed by atoms with Crippen LogP contribution in [0.15, 0.2) is 34.7 Å². The van der Waals surface area contributed by atoms with Gasteiger partial charge in [0.2, 0.25) is 11.8 Å². The van der Waals surface area contributed by atoms with E-state index in [9.17, 15) is 5.11 Å². The van der Waals surface area contributed by atoms with Crippen LogP contribution in [0.25, 0.3) is 0 Å². The summed E-state index contributed by atoms with van der Waals surface area (Å²) in [5.41, 5.74) is 1.000. The van der Waals surface area contributed by atoms with E-state index in [2.05, 4.69) is 47.8 Å².